The molecule has 2 unspecified atom stereocenters. The molecule has 1 fully saturated rings. The Balaban J connectivity index is 2.32. The molecule has 2 heterocycles. The van der Waals surface area contributed by atoms with Crippen molar-refractivity contribution >= 4 is 5.82 Å². The van der Waals surface area contributed by atoms with E-state index in [2.05, 4.69) is 23.7 Å². The Hall–Kier alpha value is -1.52. The number of piperidine rings is 1. The van der Waals surface area contributed by atoms with Gasteiger partial charge in [-0.05, 0) is 32.6 Å². The Morgan fingerprint density at radius 1 is 1.50 bits per heavy atom. The number of nitrogens with one attached hydrogen (secondary N) is 1. The van der Waals surface area contributed by atoms with Crippen LogP contribution in [-0.4, -0.2) is 27.5 Å². The molecule has 2 atom stereocenters. The molecule has 1 aromatic heterocycles. The van der Waals surface area contributed by atoms with E-state index in [1.807, 2.05) is 0 Å². The van der Waals surface area contributed by atoms with E-state index >= 15 is 0 Å². The van der Waals surface area contributed by atoms with Gasteiger partial charge in [-0.25, -0.2) is 4.98 Å². The normalized spacial score (nSPS) is 24.3. The van der Waals surface area contributed by atoms with Crippen LogP contribution in [0.1, 0.15) is 38.9 Å². The quantitative estimate of drug-likeness (QED) is 0.788. The molecule has 18 heavy (non-hydrogen) atoms. The van der Waals surface area contributed by atoms with E-state index in [0.717, 1.165) is 17.1 Å². The Labute approximate surface area is 108 Å². The molecule has 1 aromatic rings. The predicted octanol–water partition coefficient (Wildman–Crippen LogP) is 1.92. The number of hydrogen-bond donors (Lipinski definition) is 2. The average molecular weight is 250 g/mol. The van der Waals surface area contributed by atoms with Crippen LogP contribution in [0.4, 0.5) is 5.82 Å². The number of rotatable bonds is 2. The Bertz CT molecular complexity index is 482. The van der Waals surface area contributed by atoms with Crippen molar-refractivity contribution in [3.05, 3.63) is 17.4 Å². The van der Waals surface area contributed by atoms with Gasteiger partial charge in [0, 0.05) is 18.7 Å². The number of nitrogens with zero attached hydrogens (tertiary/aromatic N) is 3. The number of aromatic nitrogens is 2. The van der Waals surface area contributed by atoms with Gasteiger partial charge in [-0.3, -0.25) is 5.41 Å². The smallest absolute Gasteiger partial charge is 0.166 e. The standard InChI is InChI=1S/C13H22N4O/c1-4-11-6-5-9(2)16(8-11)13-7-12(14)17(18)10(3)15-13/h7,9,11,14,18H,4-6,8H2,1-3H3. The fraction of sp³-hybridized carbons (Fsp3) is 0.692. The maximum atomic E-state index is 9.54. The highest BCUT2D eigenvalue weighted by molar-refractivity contribution is 5.39. The minimum absolute atomic E-state index is 0.0864. The molecular weight excluding hydrogens is 228 g/mol. The average Bonchev–Trinajstić information content (AvgIpc) is 2.36. The molecule has 0 aliphatic carbocycles. The number of hydrogen-bond acceptors (Lipinski definition) is 4. The highest BCUT2D eigenvalue weighted by Crippen LogP contribution is 2.27. The van der Waals surface area contributed by atoms with Gasteiger partial charge in [-0.15, -0.1) is 0 Å². The molecule has 0 amide bonds. The second-order valence-corrected chi connectivity index (χ2v) is 5.21. The van der Waals surface area contributed by atoms with E-state index in [0.29, 0.717) is 17.8 Å². The zero-order chi connectivity index (χ0) is 13.3. The summed E-state index contributed by atoms with van der Waals surface area (Å²) >= 11 is 0. The summed E-state index contributed by atoms with van der Waals surface area (Å²) in [5.41, 5.74) is 0.0864. The molecule has 100 valence electrons. The van der Waals surface area contributed by atoms with E-state index in [4.69, 9.17) is 5.41 Å². The van der Waals surface area contributed by atoms with Gasteiger partial charge in [-0.2, -0.15) is 4.73 Å². The fourth-order valence-corrected chi connectivity index (χ4v) is 2.58. The molecule has 2 rings (SSSR count). The van der Waals surface area contributed by atoms with Crippen LogP contribution in [0.5, 0.6) is 0 Å². The third-order valence-electron chi connectivity index (χ3n) is 3.93. The highest BCUT2D eigenvalue weighted by atomic mass is 16.5. The Morgan fingerprint density at radius 3 is 2.83 bits per heavy atom. The molecule has 5 heteroatoms. The van der Waals surface area contributed by atoms with Crippen molar-refractivity contribution in [1.82, 2.24) is 9.71 Å². The van der Waals surface area contributed by atoms with Gasteiger partial charge < -0.3 is 10.1 Å². The van der Waals surface area contributed by atoms with Gasteiger partial charge in [0.2, 0.25) is 0 Å². The summed E-state index contributed by atoms with van der Waals surface area (Å²) in [7, 11) is 0. The second kappa shape index (κ2) is 5.00. The molecule has 0 aromatic carbocycles. The molecular formula is C13H22N4O. The van der Waals surface area contributed by atoms with Gasteiger partial charge in [0.05, 0.1) is 0 Å². The topological polar surface area (TPSA) is 65.1 Å². The Morgan fingerprint density at radius 2 is 2.22 bits per heavy atom. The third kappa shape index (κ3) is 2.35. The van der Waals surface area contributed by atoms with Crippen LogP contribution in [0.25, 0.3) is 0 Å². The summed E-state index contributed by atoms with van der Waals surface area (Å²) in [6.45, 7) is 7.14. The molecule has 0 saturated carbocycles. The van der Waals surface area contributed by atoms with Crippen molar-refractivity contribution in [2.24, 2.45) is 5.92 Å². The first-order chi connectivity index (χ1) is 8.52. The zero-order valence-electron chi connectivity index (χ0n) is 11.3. The lowest BCUT2D eigenvalue weighted by atomic mass is 9.91. The minimum atomic E-state index is 0.0864. The van der Waals surface area contributed by atoms with Crippen LogP contribution in [0.15, 0.2) is 6.07 Å². The van der Waals surface area contributed by atoms with Gasteiger partial charge in [0.15, 0.2) is 5.49 Å². The molecule has 0 bridgehead atoms. The molecule has 1 aliphatic rings. The third-order valence-corrected chi connectivity index (χ3v) is 3.93. The van der Waals surface area contributed by atoms with Crippen molar-refractivity contribution in [3.63, 3.8) is 0 Å². The minimum Gasteiger partial charge on any atom is -0.425 e. The predicted molar refractivity (Wildman–Crippen MR) is 69.8 cm³/mol. The van der Waals surface area contributed by atoms with Crippen LogP contribution in [-0.2, 0) is 0 Å². The first-order valence-corrected chi connectivity index (χ1v) is 6.64. The van der Waals surface area contributed by atoms with Gasteiger partial charge in [0.1, 0.15) is 11.6 Å². The summed E-state index contributed by atoms with van der Waals surface area (Å²) in [4.78, 5) is 6.66. The molecule has 0 radical (unpaired) electrons. The molecule has 1 saturated heterocycles. The Kier molecular flexibility index (Phi) is 3.59. The lowest BCUT2D eigenvalue weighted by Gasteiger charge is -2.38. The number of aryl methyl sites for hydroxylation is 1. The lowest BCUT2D eigenvalue weighted by molar-refractivity contribution is 0.159. The summed E-state index contributed by atoms with van der Waals surface area (Å²) in [6, 6.07) is 2.09. The summed E-state index contributed by atoms with van der Waals surface area (Å²) in [5, 5.41) is 17.3. The van der Waals surface area contributed by atoms with E-state index in [1.54, 1.807) is 13.0 Å². The monoisotopic (exact) mass is 250 g/mol. The van der Waals surface area contributed by atoms with Crippen LogP contribution in [0.2, 0.25) is 0 Å². The maximum Gasteiger partial charge on any atom is 0.166 e. The van der Waals surface area contributed by atoms with Crippen LogP contribution >= 0.6 is 0 Å². The summed E-state index contributed by atoms with van der Waals surface area (Å²) in [6.07, 6.45) is 3.62. The van der Waals surface area contributed by atoms with Crippen molar-refractivity contribution in [2.45, 2.75) is 46.1 Å². The largest absolute Gasteiger partial charge is 0.425 e. The summed E-state index contributed by atoms with van der Waals surface area (Å²) < 4.78 is 0.815. The molecule has 0 spiro atoms. The SMILES string of the molecule is CCC1CCC(C)N(c2cc(=N)n(O)c(C)n2)C1. The van der Waals surface area contributed by atoms with E-state index in [9.17, 15) is 5.21 Å². The van der Waals surface area contributed by atoms with E-state index < -0.39 is 0 Å². The van der Waals surface area contributed by atoms with Crippen LogP contribution in [0.3, 0.4) is 0 Å². The van der Waals surface area contributed by atoms with E-state index in [-0.39, 0.29) is 5.49 Å². The summed E-state index contributed by atoms with van der Waals surface area (Å²) in [5.74, 6) is 1.98. The number of anilines is 1. The second-order valence-electron chi connectivity index (χ2n) is 5.21. The first kappa shape index (κ1) is 12.9. The maximum absolute atomic E-state index is 9.54. The van der Waals surface area contributed by atoms with Crippen molar-refractivity contribution < 1.29 is 5.21 Å². The molecule has 1 aliphatic heterocycles. The molecule has 2 N–H and O–H groups in total. The van der Waals surface area contributed by atoms with Crippen LogP contribution in [0, 0.1) is 18.3 Å². The highest BCUT2D eigenvalue weighted by Gasteiger charge is 2.25. The van der Waals surface area contributed by atoms with E-state index in [1.165, 1.54) is 19.3 Å². The van der Waals surface area contributed by atoms with Gasteiger partial charge >= 0.3 is 0 Å². The zero-order valence-corrected chi connectivity index (χ0v) is 11.3. The van der Waals surface area contributed by atoms with Gasteiger partial charge in [-0.1, -0.05) is 13.3 Å². The van der Waals surface area contributed by atoms with Crippen LogP contribution < -0.4 is 10.4 Å². The van der Waals surface area contributed by atoms with Crippen molar-refractivity contribution in [1.29, 1.82) is 5.41 Å². The van der Waals surface area contributed by atoms with Crippen molar-refractivity contribution in [2.75, 3.05) is 11.4 Å². The first-order valence-electron chi connectivity index (χ1n) is 6.64. The lowest BCUT2D eigenvalue weighted by Crippen LogP contribution is -2.43. The van der Waals surface area contributed by atoms with Gasteiger partial charge in [0.25, 0.3) is 0 Å². The fourth-order valence-electron chi connectivity index (χ4n) is 2.58. The van der Waals surface area contributed by atoms with Crippen molar-refractivity contribution in [3.8, 4) is 0 Å². The molecule has 5 nitrogen and oxygen atoms in total.